The molecule has 5 heteroatoms. The number of esters is 1. The first kappa shape index (κ1) is 22.8. The van der Waals surface area contributed by atoms with Gasteiger partial charge in [0.25, 0.3) is 0 Å². The summed E-state index contributed by atoms with van der Waals surface area (Å²) in [5.74, 6) is -0.369. The van der Waals surface area contributed by atoms with E-state index in [1.165, 1.54) is 17.9 Å². The molecule has 1 heterocycles. The summed E-state index contributed by atoms with van der Waals surface area (Å²) >= 11 is 0. The number of Topliss-reactive ketones (excluding diaryl/α,β-unsaturated/α-hetero) is 1. The minimum absolute atomic E-state index is 0.0757. The average molecular weight is 488 g/mol. The van der Waals surface area contributed by atoms with E-state index in [4.69, 9.17) is 9.47 Å². The van der Waals surface area contributed by atoms with Gasteiger partial charge in [0.1, 0.15) is 12.4 Å². The lowest BCUT2D eigenvalue weighted by molar-refractivity contribution is -0.136. The Hall–Kier alpha value is -4.64. The lowest BCUT2D eigenvalue weighted by atomic mass is 9.80. The van der Waals surface area contributed by atoms with E-state index in [0.29, 0.717) is 34.8 Å². The maximum Gasteiger partial charge on any atom is 0.336 e. The predicted octanol–water partition coefficient (Wildman–Crippen LogP) is 6.16. The fourth-order valence-corrected chi connectivity index (χ4v) is 5.38. The second kappa shape index (κ2) is 9.10. The van der Waals surface area contributed by atoms with Gasteiger partial charge in [0.15, 0.2) is 5.78 Å². The molecule has 0 amide bonds. The molecule has 6 rings (SSSR count). The number of ether oxygens (including phenoxy) is 2. The highest BCUT2D eigenvalue weighted by molar-refractivity contribution is 6.23. The molecule has 5 nitrogen and oxygen atoms in total. The van der Waals surface area contributed by atoms with Gasteiger partial charge in [-0.3, -0.25) is 4.79 Å². The van der Waals surface area contributed by atoms with Crippen molar-refractivity contribution < 1.29 is 19.1 Å². The van der Waals surface area contributed by atoms with E-state index < -0.39 is 11.9 Å². The summed E-state index contributed by atoms with van der Waals surface area (Å²) in [4.78, 5) is 26.4. The summed E-state index contributed by atoms with van der Waals surface area (Å²) < 4.78 is 11.2. The molecule has 2 aliphatic rings. The smallest absolute Gasteiger partial charge is 0.336 e. The Morgan fingerprint density at radius 2 is 1.57 bits per heavy atom. The monoisotopic (exact) mass is 487 g/mol. The van der Waals surface area contributed by atoms with E-state index in [-0.39, 0.29) is 5.78 Å². The van der Waals surface area contributed by atoms with E-state index in [1.54, 1.807) is 0 Å². The molecule has 0 unspecified atom stereocenters. The van der Waals surface area contributed by atoms with Crippen LogP contribution in [0.2, 0.25) is 0 Å². The number of ketones is 1. The Labute approximate surface area is 215 Å². The van der Waals surface area contributed by atoms with Crippen LogP contribution in [0, 0.1) is 0 Å². The van der Waals surface area contributed by atoms with Gasteiger partial charge in [0.2, 0.25) is 0 Å². The zero-order valence-corrected chi connectivity index (χ0v) is 20.6. The van der Waals surface area contributed by atoms with Crippen LogP contribution in [0.25, 0.3) is 16.5 Å². The normalized spacial score (nSPS) is 16.4. The molecule has 0 saturated carbocycles. The molecule has 0 radical (unpaired) electrons. The van der Waals surface area contributed by atoms with Crippen LogP contribution in [0.3, 0.4) is 0 Å². The van der Waals surface area contributed by atoms with Crippen molar-refractivity contribution in [3.05, 3.63) is 130 Å². The zero-order chi connectivity index (χ0) is 25.5. The Morgan fingerprint density at radius 1 is 0.865 bits per heavy atom. The first-order chi connectivity index (χ1) is 18.1. The number of hydrogen-bond donors (Lipinski definition) is 1. The van der Waals surface area contributed by atoms with Crippen LogP contribution < -0.4 is 10.1 Å². The van der Waals surface area contributed by atoms with E-state index in [2.05, 4.69) is 29.6 Å². The second-order valence-corrected chi connectivity index (χ2v) is 9.25. The minimum Gasteiger partial charge on any atom is -0.489 e. The van der Waals surface area contributed by atoms with Gasteiger partial charge in [-0.25, -0.2) is 4.79 Å². The van der Waals surface area contributed by atoms with Crippen LogP contribution in [0.4, 0.5) is 0 Å². The van der Waals surface area contributed by atoms with Crippen molar-refractivity contribution in [3.8, 4) is 5.75 Å². The molecule has 4 aromatic carbocycles. The summed E-state index contributed by atoms with van der Waals surface area (Å²) in [6.45, 7) is 2.28. The quantitative estimate of drug-likeness (QED) is 0.342. The Balaban J connectivity index is 1.33. The third kappa shape index (κ3) is 3.80. The van der Waals surface area contributed by atoms with Gasteiger partial charge in [-0.1, -0.05) is 78.9 Å². The van der Waals surface area contributed by atoms with Crippen molar-refractivity contribution in [1.82, 2.24) is 5.32 Å². The fourth-order valence-electron chi connectivity index (χ4n) is 5.38. The highest BCUT2D eigenvalue weighted by atomic mass is 16.5. The molecule has 0 bridgehead atoms. The van der Waals surface area contributed by atoms with Crippen LogP contribution in [-0.2, 0) is 16.1 Å². The highest BCUT2D eigenvalue weighted by Crippen LogP contribution is 2.46. The molecule has 37 heavy (non-hydrogen) atoms. The molecule has 0 aromatic heterocycles. The van der Waals surface area contributed by atoms with Gasteiger partial charge in [-0.05, 0) is 41.0 Å². The van der Waals surface area contributed by atoms with Crippen LogP contribution in [0.15, 0.2) is 108 Å². The van der Waals surface area contributed by atoms with Gasteiger partial charge in [0.05, 0.1) is 18.4 Å². The van der Waals surface area contributed by atoms with Crippen molar-refractivity contribution in [2.24, 2.45) is 0 Å². The standard InChI is InChI=1S/C32H25NO4/c1-19-27(32(35)36-2)28(29-30(33-19)25-12-5-6-13-26(25)31(29)34)21-14-16-23(17-15-21)37-18-22-10-7-9-20-8-3-4-11-24(20)22/h3-17,28,33H,18H2,1-2H3/t28-/m0/s1. The van der Waals surface area contributed by atoms with E-state index in [0.717, 1.165) is 22.4 Å². The zero-order valence-electron chi connectivity index (χ0n) is 20.6. The second-order valence-electron chi connectivity index (χ2n) is 9.25. The number of nitrogens with one attached hydrogen (secondary N) is 1. The molecule has 0 fully saturated rings. The fraction of sp³-hybridized carbons (Fsp3) is 0.125. The van der Waals surface area contributed by atoms with Crippen molar-refractivity contribution >= 4 is 28.2 Å². The summed E-state index contributed by atoms with van der Waals surface area (Å²) in [5, 5.41) is 5.65. The van der Waals surface area contributed by atoms with Crippen LogP contribution >= 0.6 is 0 Å². The first-order valence-electron chi connectivity index (χ1n) is 12.2. The van der Waals surface area contributed by atoms with E-state index >= 15 is 0 Å². The van der Waals surface area contributed by atoms with E-state index in [9.17, 15) is 9.59 Å². The molecule has 1 N–H and O–H groups in total. The number of benzene rings is 4. The molecule has 0 saturated heterocycles. The highest BCUT2D eigenvalue weighted by Gasteiger charge is 2.42. The third-order valence-corrected chi connectivity index (χ3v) is 7.14. The van der Waals surface area contributed by atoms with E-state index in [1.807, 2.05) is 73.7 Å². The molecule has 0 spiro atoms. The first-order valence-corrected chi connectivity index (χ1v) is 12.2. The lowest BCUT2D eigenvalue weighted by Crippen LogP contribution is -2.29. The van der Waals surface area contributed by atoms with Gasteiger partial charge in [-0.15, -0.1) is 0 Å². The van der Waals surface area contributed by atoms with Crippen LogP contribution in [-0.4, -0.2) is 18.9 Å². The number of methoxy groups -OCH3 is 1. The molecule has 1 aliphatic carbocycles. The van der Waals surface area contributed by atoms with Crippen molar-refractivity contribution in [3.63, 3.8) is 0 Å². The summed E-state index contributed by atoms with van der Waals surface area (Å²) in [7, 11) is 1.36. The lowest BCUT2D eigenvalue weighted by Gasteiger charge is -2.29. The predicted molar refractivity (Wildman–Crippen MR) is 143 cm³/mol. The number of fused-ring (bicyclic) bond motifs is 3. The maximum absolute atomic E-state index is 13.5. The number of dihydropyridines is 1. The summed E-state index contributed by atoms with van der Waals surface area (Å²) in [5.41, 5.74) is 5.86. The van der Waals surface area contributed by atoms with Crippen molar-refractivity contribution in [2.75, 3.05) is 7.11 Å². The van der Waals surface area contributed by atoms with Gasteiger partial charge < -0.3 is 14.8 Å². The molecule has 1 atom stereocenters. The molecule has 4 aromatic rings. The number of carbonyl (C=O) groups excluding carboxylic acids is 2. The Bertz CT molecular complexity index is 1620. The van der Waals surface area contributed by atoms with Crippen LogP contribution in [0.1, 0.15) is 39.9 Å². The van der Waals surface area contributed by atoms with Gasteiger partial charge in [-0.2, -0.15) is 0 Å². The average Bonchev–Trinajstić information content (AvgIpc) is 3.22. The number of hydrogen-bond acceptors (Lipinski definition) is 5. The Morgan fingerprint density at radius 3 is 2.35 bits per heavy atom. The molecule has 182 valence electrons. The summed E-state index contributed by atoms with van der Waals surface area (Å²) in [6.07, 6.45) is 0. The topological polar surface area (TPSA) is 64.6 Å². The van der Waals surface area contributed by atoms with Crippen LogP contribution in [0.5, 0.6) is 5.75 Å². The molecule has 1 aliphatic heterocycles. The van der Waals surface area contributed by atoms with Crippen molar-refractivity contribution in [2.45, 2.75) is 19.4 Å². The maximum atomic E-state index is 13.5. The summed E-state index contributed by atoms with van der Waals surface area (Å²) in [6, 6.07) is 29.6. The van der Waals surface area contributed by atoms with Crippen molar-refractivity contribution in [1.29, 1.82) is 0 Å². The number of carbonyl (C=O) groups is 2. The molecular weight excluding hydrogens is 462 g/mol. The van der Waals surface area contributed by atoms with Gasteiger partial charge >= 0.3 is 5.97 Å². The number of rotatable bonds is 5. The molecular formula is C32H25NO4. The minimum atomic E-state index is -0.546. The largest absolute Gasteiger partial charge is 0.489 e. The van der Waals surface area contributed by atoms with Gasteiger partial charge in [0, 0.05) is 28.3 Å². The SMILES string of the molecule is COC(=O)C1=C(C)NC2=C(C(=O)c3ccccc32)[C@H]1c1ccc(OCc2cccc3ccccc23)cc1. The number of allylic oxidation sites excluding steroid dienone is 2. The third-order valence-electron chi connectivity index (χ3n) is 7.14. The Kier molecular flexibility index (Phi) is 5.61.